The molecule has 0 N–H and O–H groups in total. The molecule has 0 amide bonds. The van der Waals surface area contributed by atoms with Gasteiger partial charge in [0.1, 0.15) is 0 Å². The van der Waals surface area contributed by atoms with Crippen molar-refractivity contribution in [2.75, 3.05) is 6.61 Å². The second kappa shape index (κ2) is 5.21. The van der Waals surface area contributed by atoms with Crippen molar-refractivity contribution < 1.29 is 4.74 Å². The van der Waals surface area contributed by atoms with Crippen molar-refractivity contribution in [3.05, 3.63) is 34.7 Å². The van der Waals surface area contributed by atoms with Gasteiger partial charge in [0.05, 0.1) is 17.1 Å². The monoisotopic (exact) mass is 260 g/mol. The van der Waals surface area contributed by atoms with Crippen molar-refractivity contribution in [2.45, 2.75) is 38.3 Å². The molecule has 2 heterocycles. The first-order valence-electron chi connectivity index (χ1n) is 7.03. The Hall–Kier alpha value is -1.55. The minimum Gasteiger partial charge on any atom is -0.378 e. The summed E-state index contributed by atoms with van der Waals surface area (Å²) in [6, 6.07) is 7.97. The number of para-hydroxylation sites is 2. The van der Waals surface area contributed by atoms with Crippen LogP contribution in [0.2, 0.25) is 0 Å². The standard InChI is InChI=1S/C15H20N2O2/c1-16-13-8-2-3-9-14(13)17(15(16)18)10-4-6-12-7-5-11-19-12/h2-3,8-9,12H,4-7,10-11H2,1H3. The first-order chi connectivity index (χ1) is 9.27. The molecule has 1 atom stereocenters. The van der Waals surface area contributed by atoms with Gasteiger partial charge in [-0.3, -0.25) is 9.13 Å². The van der Waals surface area contributed by atoms with Gasteiger partial charge in [0, 0.05) is 20.2 Å². The minimum absolute atomic E-state index is 0.0774. The lowest BCUT2D eigenvalue weighted by molar-refractivity contribution is 0.101. The summed E-state index contributed by atoms with van der Waals surface area (Å²) in [5.41, 5.74) is 2.11. The molecular weight excluding hydrogens is 240 g/mol. The number of hydrogen-bond donors (Lipinski definition) is 0. The van der Waals surface area contributed by atoms with E-state index >= 15 is 0 Å². The zero-order chi connectivity index (χ0) is 13.2. The van der Waals surface area contributed by atoms with Gasteiger partial charge in [0.15, 0.2) is 0 Å². The molecule has 102 valence electrons. The van der Waals surface area contributed by atoms with Gasteiger partial charge in [0.25, 0.3) is 0 Å². The fourth-order valence-electron chi connectivity index (χ4n) is 2.93. The molecule has 1 aliphatic rings. The van der Waals surface area contributed by atoms with E-state index < -0.39 is 0 Å². The smallest absolute Gasteiger partial charge is 0.328 e. The summed E-state index contributed by atoms with van der Waals surface area (Å²) in [7, 11) is 1.83. The van der Waals surface area contributed by atoms with Crippen LogP contribution in [0, 0.1) is 0 Å². The predicted octanol–water partition coefficient (Wildman–Crippen LogP) is 2.30. The Morgan fingerprint density at radius 2 is 2.11 bits per heavy atom. The Morgan fingerprint density at radius 3 is 2.84 bits per heavy atom. The third-order valence-electron chi connectivity index (χ3n) is 3.98. The maximum absolute atomic E-state index is 12.2. The van der Waals surface area contributed by atoms with E-state index in [0.717, 1.165) is 37.0 Å². The molecule has 3 rings (SSSR count). The molecule has 2 aromatic rings. The van der Waals surface area contributed by atoms with Crippen molar-refractivity contribution in [3.8, 4) is 0 Å². The summed E-state index contributed by atoms with van der Waals surface area (Å²) in [5, 5.41) is 0. The van der Waals surface area contributed by atoms with E-state index in [1.807, 2.05) is 35.9 Å². The third-order valence-corrected chi connectivity index (χ3v) is 3.98. The predicted molar refractivity (Wildman–Crippen MR) is 75.4 cm³/mol. The van der Waals surface area contributed by atoms with Crippen LogP contribution in [0.25, 0.3) is 11.0 Å². The number of aromatic nitrogens is 2. The molecule has 0 aliphatic carbocycles. The van der Waals surface area contributed by atoms with Gasteiger partial charge >= 0.3 is 5.69 Å². The van der Waals surface area contributed by atoms with E-state index in [1.54, 1.807) is 4.57 Å². The molecule has 4 heteroatoms. The van der Waals surface area contributed by atoms with Crippen molar-refractivity contribution in [1.29, 1.82) is 0 Å². The van der Waals surface area contributed by atoms with E-state index in [0.29, 0.717) is 6.10 Å². The molecule has 1 aliphatic heterocycles. The van der Waals surface area contributed by atoms with Crippen LogP contribution in [-0.2, 0) is 18.3 Å². The number of rotatable bonds is 4. The summed E-state index contributed by atoms with van der Waals surface area (Å²) >= 11 is 0. The highest BCUT2D eigenvalue weighted by Crippen LogP contribution is 2.18. The van der Waals surface area contributed by atoms with E-state index in [1.165, 1.54) is 12.8 Å². The Labute approximate surface area is 112 Å². The number of ether oxygens (including phenoxy) is 1. The lowest BCUT2D eigenvalue weighted by Gasteiger charge is -2.09. The molecule has 0 bridgehead atoms. The van der Waals surface area contributed by atoms with E-state index in [-0.39, 0.29) is 5.69 Å². The highest BCUT2D eigenvalue weighted by Gasteiger charge is 2.15. The molecule has 0 saturated carbocycles. The largest absolute Gasteiger partial charge is 0.378 e. The van der Waals surface area contributed by atoms with Crippen LogP contribution in [0.3, 0.4) is 0 Å². The van der Waals surface area contributed by atoms with Crippen LogP contribution in [0.1, 0.15) is 25.7 Å². The quantitative estimate of drug-likeness (QED) is 0.845. The fourth-order valence-corrected chi connectivity index (χ4v) is 2.93. The van der Waals surface area contributed by atoms with E-state index in [2.05, 4.69) is 0 Å². The Morgan fingerprint density at radius 1 is 1.32 bits per heavy atom. The summed E-state index contributed by atoms with van der Waals surface area (Å²) in [5.74, 6) is 0. The maximum Gasteiger partial charge on any atom is 0.328 e. The first-order valence-corrected chi connectivity index (χ1v) is 7.03. The van der Waals surface area contributed by atoms with Crippen molar-refractivity contribution in [3.63, 3.8) is 0 Å². The number of fused-ring (bicyclic) bond motifs is 1. The van der Waals surface area contributed by atoms with E-state index in [9.17, 15) is 4.79 Å². The average molecular weight is 260 g/mol. The summed E-state index contributed by atoms with van der Waals surface area (Å²) in [6.45, 7) is 1.68. The highest BCUT2D eigenvalue weighted by molar-refractivity contribution is 5.75. The summed E-state index contributed by atoms with van der Waals surface area (Å²) in [4.78, 5) is 12.2. The molecule has 19 heavy (non-hydrogen) atoms. The highest BCUT2D eigenvalue weighted by atomic mass is 16.5. The third kappa shape index (κ3) is 2.32. The molecule has 1 fully saturated rings. The van der Waals surface area contributed by atoms with Crippen molar-refractivity contribution >= 4 is 11.0 Å². The topological polar surface area (TPSA) is 36.2 Å². The molecule has 1 saturated heterocycles. The second-order valence-corrected chi connectivity index (χ2v) is 5.26. The lowest BCUT2D eigenvalue weighted by Crippen LogP contribution is -2.22. The van der Waals surface area contributed by atoms with Crippen molar-refractivity contribution in [2.24, 2.45) is 7.05 Å². The van der Waals surface area contributed by atoms with Gasteiger partial charge in [-0.25, -0.2) is 4.79 Å². The zero-order valence-electron chi connectivity index (χ0n) is 11.3. The van der Waals surface area contributed by atoms with Gasteiger partial charge in [-0.2, -0.15) is 0 Å². The van der Waals surface area contributed by atoms with Gasteiger partial charge in [-0.15, -0.1) is 0 Å². The number of aryl methyl sites for hydroxylation is 2. The number of nitrogens with zero attached hydrogens (tertiary/aromatic N) is 2. The minimum atomic E-state index is 0.0774. The SMILES string of the molecule is Cn1c(=O)n(CCCC2CCCO2)c2ccccc21. The Kier molecular flexibility index (Phi) is 3.42. The second-order valence-electron chi connectivity index (χ2n) is 5.26. The number of hydrogen-bond acceptors (Lipinski definition) is 2. The molecule has 1 unspecified atom stereocenters. The summed E-state index contributed by atoms with van der Waals surface area (Å²) in [6.07, 6.45) is 4.81. The summed E-state index contributed by atoms with van der Waals surface area (Å²) < 4.78 is 9.22. The fraction of sp³-hybridized carbons (Fsp3) is 0.533. The van der Waals surface area contributed by atoms with Gasteiger partial charge in [-0.05, 0) is 37.8 Å². The van der Waals surface area contributed by atoms with Crippen LogP contribution >= 0.6 is 0 Å². The molecule has 4 nitrogen and oxygen atoms in total. The van der Waals surface area contributed by atoms with Crippen LogP contribution in [0.5, 0.6) is 0 Å². The van der Waals surface area contributed by atoms with Crippen LogP contribution in [0.15, 0.2) is 29.1 Å². The maximum atomic E-state index is 12.2. The molecule has 0 radical (unpaired) electrons. The van der Waals surface area contributed by atoms with Gasteiger partial charge < -0.3 is 4.74 Å². The molecule has 0 spiro atoms. The molecule has 1 aromatic heterocycles. The molecule has 1 aromatic carbocycles. The van der Waals surface area contributed by atoms with Gasteiger partial charge in [0.2, 0.25) is 0 Å². The first kappa shape index (κ1) is 12.5. The molecular formula is C15H20N2O2. The van der Waals surface area contributed by atoms with Crippen LogP contribution < -0.4 is 5.69 Å². The van der Waals surface area contributed by atoms with E-state index in [4.69, 9.17) is 4.74 Å². The van der Waals surface area contributed by atoms with Gasteiger partial charge in [-0.1, -0.05) is 12.1 Å². The zero-order valence-corrected chi connectivity index (χ0v) is 11.3. The average Bonchev–Trinajstić information content (AvgIpc) is 3.02. The number of imidazole rings is 1. The van der Waals surface area contributed by atoms with Crippen molar-refractivity contribution in [1.82, 2.24) is 9.13 Å². The Balaban J connectivity index is 1.77. The Bertz CT molecular complexity index is 621. The number of benzene rings is 1. The normalized spacial score (nSPS) is 19.3. The van der Waals surface area contributed by atoms with Crippen LogP contribution in [0.4, 0.5) is 0 Å². The van der Waals surface area contributed by atoms with Crippen LogP contribution in [-0.4, -0.2) is 21.8 Å². The lowest BCUT2D eigenvalue weighted by atomic mass is 10.1.